The molecular weight excluding hydrogens is 236 g/mol. The molecular formula is C15H14N4. The van der Waals surface area contributed by atoms with Crippen LogP contribution in [0.5, 0.6) is 0 Å². The van der Waals surface area contributed by atoms with Crippen LogP contribution in [0.2, 0.25) is 0 Å². The van der Waals surface area contributed by atoms with Gasteiger partial charge in [0.05, 0.1) is 11.9 Å². The first-order valence-electron chi connectivity index (χ1n) is 6.07. The molecule has 0 spiro atoms. The molecule has 0 amide bonds. The van der Waals surface area contributed by atoms with Gasteiger partial charge in [0.15, 0.2) is 5.82 Å². The lowest BCUT2D eigenvalue weighted by Gasteiger charge is -2.05. The van der Waals surface area contributed by atoms with E-state index in [1.165, 1.54) is 0 Å². The number of hydrogen-bond donors (Lipinski definition) is 1. The molecule has 3 rings (SSSR count). The molecule has 0 aliphatic carbocycles. The number of nitrogens with two attached hydrogens (primary N) is 1. The Morgan fingerprint density at radius 1 is 1.00 bits per heavy atom. The lowest BCUT2D eigenvalue weighted by atomic mass is 10.1. The molecule has 0 saturated heterocycles. The van der Waals surface area contributed by atoms with Crippen molar-refractivity contribution in [2.24, 2.45) is 0 Å². The van der Waals surface area contributed by atoms with Crippen molar-refractivity contribution in [2.45, 2.75) is 6.92 Å². The summed E-state index contributed by atoms with van der Waals surface area (Å²) in [5.41, 5.74) is 9.65. The molecule has 0 unspecified atom stereocenters. The minimum absolute atomic E-state index is 0.619. The van der Waals surface area contributed by atoms with Crippen molar-refractivity contribution in [1.29, 1.82) is 0 Å². The highest BCUT2D eigenvalue weighted by Gasteiger charge is 2.07. The van der Waals surface area contributed by atoms with Gasteiger partial charge in [0.1, 0.15) is 0 Å². The number of aryl methyl sites for hydroxylation is 1. The molecule has 2 heterocycles. The van der Waals surface area contributed by atoms with E-state index in [1.807, 2.05) is 61.8 Å². The van der Waals surface area contributed by atoms with Crippen LogP contribution >= 0.6 is 0 Å². The predicted octanol–water partition coefficient (Wildman–Crippen LogP) is 2.82. The average molecular weight is 250 g/mol. The van der Waals surface area contributed by atoms with E-state index in [0.29, 0.717) is 11.5 Å². The summed E-state index contributed by atoms with van der Waals surface area (Å²) in [7, 11) is 0. The largest absolute Gasteiger partial charge is 0.396 e. The van der Waals surface area contributed by atoms with Crippen LogP contribution in [-0.2, 0) is 0 Å². The Morgan fingerprint density at radius 3 is 2.58 bits per heavy atom. The number of nitrogens with zero attached hydrogens (tertiary/aromatic N) is 3. The van der Waals surface area contributed by atoms with Gasteiger partial charge in [0.2, 0.25) is 0 Å². The van der Waals surface area contributed by atoms with Gasteiger partial charge in [0, 0.05) is 17.5 Å². The Hall–Kier alpha value is -2.62. The molecule has 0 fully saturated rings. The van der Waals surface area contributed by atoms with E-state index in [1.54, 1.807) is 4.68 Å². The van der Waals surface area contributed by atoms with Crippen molar-refractivity contribution in [3.63, 3.8) is 0 Å². The van der Waals surface area contributed by atoms with Gasteiger partial charge in [-0.05, 0) is 24.6 Å². The van der Waals surface area contributed by atoms with Crippen LogP contribution in [0.25, 0.3) is 16.9 Å². The van der Waals surface area contributed by atoms with Gasteiger partial charge in [-0.3, -0.25) is 0 Å². The van der Waals surface area contributed by atoms with E-state index in [2.05, 4.69) is 10.1 Å². The smallest absolute Gasteiger partial charge is 0.176 e. The monoisotopic (exact) mass is 250 g/mol. The summed E-state index contributed by atoms with van der Waals surface area (Å²) in [4.78, 5) is 4.43. The Bertz CT molecular complexity index is 701. The van der Waals surface area contributed by atoms with Crippen LogP contribution in [0.1, 0.15) is 5.69 Å². The van der Waals surface area contributed by atoms with Gasteiger partial charge in [-0.25, -0.2) is 9.67 Å². The number of aromatic nitrogens is 3. The quantitative estimate of drug-likeness (QED) is 0.760. The number of pyridine rings is 1. The molecule has 2 aromatic heterocycles. The lowest BCUT2D eigenvalue weighted by molar-refractivity contribution is 0.844. The molecule has 2 N–H and O–H groups in total. The van der Waals surface area contributed by atoms with Crippen LogP contribution in [0, 0.1) is 6.92 Å². The summed E-state index contributed by atoms with van der Waals surface area (Å²) in [5.74, 6) is 0.669. The summed E-state index contributed by atoms with van der Waals surface area (Å²) in [6, 6.07) is 13.8. The van der Waals surface area contributed by atoms with E-state index in [-0.39, 0.29) is 0 Å². The molecule has 0 radical (unpaired) electrons. The molecule has 4 heteroatoms. The molecule has 19 heavy (non-hydrogen) atoms. The molecule has 0 aliphatic rings. The third-order valence-corrected chi connectivity index (χ3v) is 2.95. The first-order chi connectivity index (χ1) is 9.24. The fraction of sp³-hybridized carbons (Fsp3) is 0.0667. The van der Waals surface area contributed by atoms with Crippen LogP contribution in [0.4, 0.5) is 5.69 Å². The highest BCUT2D eigenvalue weighted by molar-refractivity contribution is 5.63. The van der Waals surface area contributed by atoms with Gasteiger partial charge in [-0.2, -0.15) is 5.10 Å². The Morgan fingerprint density at radius 2 is 1.79 bits per heavy atom. The van der Waals surface area contributed by atoms with Crippen molar-refractivity contribution in [2.75, 3.05) is 5.73 Å². The zero-order valence-electron chi connectivity index (χ0n) is 10.6. The molecule has 1 aromatic carbocycles. The minimum atomic E-state index is 0.619. The van der Waals surface area contributed by atoms with Crippen LogP contribution in [-0.4, -0.2) is 14.8 Å². The standard InChI is InChI=1S/C15H14N4/c1-11-7-8-14(16)15(18-11)19-10-13(9-17-19)12-5-3-2-4-6-12/h2-10H,16H2,1H3. The summed E-state index contributed by atoms with van der Waals surface area (Å²) >= 11 is 0. The highest BCUT2D eigenvalue weighted by Crippen LogP contribution is 2.21. The van der Waals surface area contributed by atoms with Gasteiger partial charge in [-0.1, -0.05) is 30.3 Å². The fourth-order valence-electron chi connectivity index (χ4n) is 1.96. The molecule has 94 valence electrons. The number of rotatable bonds is 2. The molecule has 4 nitrogen and oxygen atoms in total. The van der Waals surface area contributed by atoms with Crippen molar-refractivity contribution in [3.05, 3.63) is 60.6 Å². The van der Waals surface area contributed by atoms with E-state index in [0.717, 1.165) is 16.8 Å². The molecule has 0 aliphatic heterocycles. The molecule has 0 saturated carbocycles. The second kappa shape index (κ2) is 4.57. The number of benzene rings is 1. The topological polar surface area (TPSA) is 56.7 Å². The normalized spacial score (nSPS) is 10.6. The zero-order valence-corrected chi connectivity index (χ0v) is 10.6. The van der Waals surface area contributed by atoms with E-state index in [9.17, 15) is 0 Å². The lowest BCUT2D eigenvalue weighted by Crippen LogP contribution is -2.03. The molecule has 0 atom stereocenters. The van der Waals surface area contributed by atoms with Crippen molar-refractivity contribution < 1.29 is 0 Å². The minimum Gasteiger partial charge on any atom is -0.396 e. The number of hydrogen-bond acceptors (Lipinski definition) is 3. The summed E-state index contributed by atoms with van der Waals surface area (Å²) in [6.07, 6.45) is 3.76. The maximum absolute atomic E-state index is 5.95. The second-order valence-electron chi connectivity index (χ2n) is 4.41. The summed E-state index contributed by atoms with van der Waals surface area (Å²) in [6.45, 7) is 1.94. The maximum Gasteiger partial charge on any atom is 0.176 e. The number of nitrogen functional groups attached to an aromatic ring is 1. The van der Waals surface area contributed by atoms with Crippen molar-refractivity contribution >= 4 is 5.69 Å². The summed E-state index contributed by atoms with van der Waals surface area (Å²) in [5, 5.41) is 4.34. The predicted molar refractivity (Wildman–Crippen MR) is 75.9 cm³/mol. The van der Waals surface area contributed by atoms with Gasteiger partial charge in [-0.15, -0.1) is 0 Å². The second-order valence-corrected chi connectivity index (χ2v) is 4.41. The molecule has 0 bridgehead atoms. The van der Waals surface area contributed by atoms with Crippen molar-refractivity contribution in [1.82, 2.24) is 14.8 Å². The fourth-order valence-corrected chi connectivity index (χ4v) is 1.96. The third kappa shape index (κ3) is 2.20. The van der Waals surface area contributed by atoms with Gasteiger partial charge < -0.3 is 5.73 Å². The van der Waals surface area contributed by atoms with Crippen LogP contribution < -0.4 is 5.73 Å². The number of anilines is 1. The van der Waals surface area contributed by atoms with E-state index >= 15 is 0 Å². The first kappa shape index (κ1) is 11.5. The van der Waals surface area contributed by atoms with Gasteiger partial charge in [0.25, 0.3) is 0 Å². The van der Waals surface area contributed by atoms with Crippen LogP contribution in [0.3, 0.4) is 0 Å². The SMILES string of the molecule is Cc1ccc(N)c(-n2cc(-c3ccccc3)cn2)n1. The van der Waals surface area contributed by atoms with Crippen LogP contribution in [0.15, 0.2) is 54.9 Å². The van der Waals surface area contributed by atoms with Crippen molar-refractivity contribution in [3.8, 4) is 16.9 Å². The first-order valence-corrected chi connectivity index (χ1v) is 6.07. The Labute approximate surface area is 111 Å². The maximum atomic E-state index is 5.95. The highest BCUT2D eigenvalue weighted by atomic mass is 15.3. The van der Waals surface area contributed by atoms with E-state index in [4.69, 9.17) is 5.73 Å². The van der Waals surface area contributed by atoms with E-state index < -0.39 is 0 Å². The Balaban J connectivity index is 2.04. The average Bonchev–Trinajstić information content (AvgIpc) is 2.92. The third-order valence-electron chi connectivity index (χ3n) is 2.95. The summed E-state index contributed by atoms with van der Waals surface area (Å²) < 4.78 is 1.71. The zero-order chi connectivity index (χ0) is 13.2. The Kier molecular flexibility index (Phi) is 2.76. The van der Waals surface area contributed by atoms with Gasteiger partial charge >= 0.3 is 0 Å². The molecule has 3 aromatic rings.